The van der Waals surface area contributed by atoms with Gasteiger partial charge in [-0.25, -0.2) is 0 Å². The van der Waals surface area contributed by atoms with Gasteiger partial charge >= 0.3 is 12.6 Å². The Hall–Kier alpha value is -1.89. The second-order valence-corrected chi connectivity index (χ2v) is 3.90. The Bertz CT molecular complexity index is 454. The van der Waals surface area contributed by atoms with Crippen molar-refractivity contribution in [2.24, 2.45) is 5.73 Å². The molecule has 7 heteroatoms. The number of carbonyl (C=O) groups is 1. The highest BCUT2D eigenvalue weighted by Crippen LogP contribution is 2.31. The van der Waals surface area contributed by atoms with Crippen LogP contribution in [0, 0.1) is 0 Å². The van der Waals surface area contributed by atoms with E-state index in [1.165, 1.54) is 19.2 Å². The average Bonchev–Trinajstić information content (AvgIpc) is 2.38. The van der Waals surface area contributed by atoms with Gasteiger partial charge in [-0.3, -0.25) is 4.79 Å². The normalized spacial score (nSPS) is 12.1. The number of esters is 1. The Balaban J connectivity index is 2.87. The molecule has 0 amide bonds. The molecule has 0 bridgehead atoms. The third-order valence-corrected chi connectivity index (χ3v) is 2.52. The molecule has 2 N–H and O–H groups in total. The number of alkyl halides is 2. The van der Waals surface area contributed by atoms with Crippen LogP contribution in [0.1, 0.15) is 24.9 Å². The standard InChI is InChI=1S/C13H17F2NO4/c1-3-19-12(17)7-9(16)8-4-5-10(18-2)11(6-8)20-13(14)15/h4-6,9,13H,3,7,16H2,1-2H3/t9-/m1/s1. The third-order valence-electron chi connectivity index (χ3n) is 2.52. The van der Waals surface area contributed by atoms with Crippen LogP contribution >= 0.6 is 0 Å². The molecular weight excluding hydrogens is 272 g/mol. The van der Waals surface area contributed by atoms with Gasteiger partial charge in [-0.1, -0.05) is 6.07 Å². The van der Waals surface area contributed by atoms with Gasteiger partial charge in [0.1, 0.15) is 0 Å². The minimum atomic E-state index is -2.97. The summed E-state index contributed by atoms with van der Waals surface area (Å²) in [5, 5.41) is 0. The zero-order valence-corrected chi connectivity index (χ0v) is 11.3. The number of methoxy groups -OCH3 is 1. The van der Waals surface area contributed by atoms with Crippen LogP contribution in [-0.4, -0.2) is 26.3 Å². The molecule has 0 aliphatic heterocycles. The Morgan fingerprint density at radius 3 is 2.60 bits per heavy atom. The molecule has 0 aliphatic rings. The second-order valence-electron chi connectivity index (χ2n) is 3.90. The molecule has 20 heavy (non-hydrogen) atoms. The van der Waals surface area contributed by atoms with E-state index in [9.17, 15) is 13.6 Å². The summed E-state index contributed by atoms with van der Waals surface area (Å²) in [4.78, 5) is 11.3. The van der Waals surface area contributed by atoms with Crippen LogP contribution in [0.5, 0.6) is 11.5 Å². The first-order valence-electron chi connectivity index (χ1n) is 6.01. The van der Waals surface area contributed by atoms with Crippen LogP contribution in [0.15, 0.2) is 18.2 Å². The van der Waals surface area contributed by atoms with Crippen molar-refractivity contribution in [3.05, 3.63) is 23.8 Å². The van der Waals surface area contributed by atoms with Crippen LogP contribution in [0.2, 0.25) is 0 Å². The van der Waals surface area contributed by atoms with Gasteiger partial charge in [0.15, 0.2) is 11.5 Å². The van der Waals surface area contributed by atoms with E-state index in [4.69, 9.17) is 15.2 Å². The van der Waals surface area contributed by atoms with Gasteiger partial charge in [0.25, 0.3) is 0 Å². The number of rotatable bonds is 7. The largest absolute Gasteiger partial charge is 0.493 e. The SMILES string of the molecule is CCOC(=O)C[C@@H](N)c1ccc(OC)c(OC(F)F)c1. The van der Waals surface area contributed by atoms with Crippen LogP contribution < -0.4 is 15.2 Å². The molecule has 1 aromatic carbocycles. The van der Waals surface area contributed by atoms with Gasteiger partial charge in [0, 0.05) is 6.04 Å². The molecule has 112 valence electrons. The molecule has 0 aromatic heterocycles. The first kappa shape index (κ1) is 16.2. The van der Waals surface area contributed by atoms with E-state index in [1.54, 1.807) is 13.0 Å². The Labute approximate surface area is 115 Å². The van der Waals surface area contributed by atoms with Gasteiger partial charge in [0.2, 0.25) is 0 Å². The summed E-state index contributed by atoms with van der Waals surface area (Å²) in [7, 11) is 1.34. The van der Waals surface area contributed by atoms with Crippen molar-refractivity contribution in [3.8, 4) is 11.5 Å². The number of benzene rings is 1. The number of hydrogen-bond donors (Lipinski definition) is 1. The Morgan fingerprint density at radius 2 is 2.05 bits per heavy atom. The first-order valence-corrected chi connectivity index (χ1v) is 6.01. The minimum Gasteiger partial charge on any atom is -0.493 e. The highest BCUT2D eigenvalue weighted by Gasteiger charge is 2.17. The summed E-state index contributed by atoms with van der Waals surface area (Å²) in [5.74, 6) is -0.413. The highest BCUT2D eigenvalue weighted by atomic mass is 19.3. The summed E-state index contributed by atoms with van der Waals surface area (Å²) in [5.41, 5.74) is 6.31. The Kier molecular flexibility index (Phi) is 6.17. The number of nitrogens with two attached hydrogens (primary N) is 1. The fourth-order valence-electron chi connectivity index (χ4n) is 1.63. The summed E-state index contributed by atoms with van der Waals surface area (Å²) < 4.78 is 38.6. The first-order chi connectivity index (χ1) is 9.47. The molecule has 0 aliphatic carbocycles. The van der Waals surface area contributed by atoms with E-state index < -0.39 is 18.6 Å². The van der Waals surface area contributed by atoms with Crippen molar-refractivity contribution in [3.63, 3.8) is 0 Å². The van der Waals surface area contributed by atoms with Gasteiger partial charge in [-0.05, 0) is 24.6 Å². The van der Waals surface area contributed by atoms with Crippen molar-refractivity contribution < 1.29 is 27.8 Å². The van der Waals surface area contributed by atoms with Crippen LogP contribution in [-0.2, 0) is 9.53 Å². The number of hydrogen-bond acceptors (Lipinski definition) is 5. The Morgan fingerprint density at radius 1 is 1.35 bits per heavy atom. The summed E-state index contributed by atoms with van der Waals surface area (Å²) in [6.45, 7) is -1.03. The number of halogens is 2. The zero-order valence-electron chi connectivity index (χ0n) is 11.3. The molecule has 5 nitrogen and oxygen atoms in total. The maximum atomic E-state index is 12.3. The molecule has 1 rings (SSSR count). The minimum absolute atomic E-state index is 0.0473. The molecule has 0 spiro atoms. The van der Waals surface area contributed by atoms with Gasteiger partial charge in [-0.2, -0.15) is 8.78 Å². The lowest BCUT2D eigenvalue weighted by Gasteiger charge is -2.15. The van der Waals surface area contributed by atoms with E-state index in [-0.39, 0.29) is 24.5 Å². The molecule has 0 unspecified atom stereocenters. The molecule has 1 atom stereocenters. The van der Waals surface area contributed by atoms with Gasteiger partial charge < -0.3 is 19.9 Å². The molecule has 1 aromatic rings. The fraction of sp³-hybridized carbons (Fsp3) is 0.462. The number of ether oxygens (including phenoxy) is 3. The van der Waals surface area contributed by atoms with E-state index >= 15 is 0 Å². The molecule has 0 fully saturated rings. The second kappa shape index (κ2) is 7.64. The predicted molar refractivity (Wildman–Crippen MR) is 67.8 cm³/mol. The summed E-state index contributed by atoms with van der Waals surface area (Å²) >= 11 is 0. The molecule has 0 saturated heterocycles. The van der Waals surface area contributed by atoms with Crippen molar-refractivity contribution in [2.75, 3.05) is 13.7 Å². The fourth-order valence-corrected chi connectivity index (χ4v) is 1.63. The zero-order chi connectivity index (χ0) is 15.1. The van der Waals surface area contributed by atoms with Crippen molar-refractivity contribution in [1.29, 1.82) is 0 Å². The molecule has 0 saturated carbocycles. The number of carbonyl (C=O) groups excluding carboxylic acids is 1. The highest BCUT2D eigenvalue weighted by molar-refractivity contribution is 5.70. The van der Waals surface area contributed by atoms with Gasteiger partial charge in [-0.15, -0.1) is 0 Å². The van der Waals surface area contributed by atoms with Crippen molar-refractivity contribution in [1.82, 2.24) is 0 Å². The molecular formula is C13H17F2NO4. The van der Waals surface area contributed by atoms with Crippen molar-refractivity contribution in [2.45, 2.75) is 26.0 Å². The van der Waals surface area contributed by atoms with Crippen molar-refractivity contribution >= 4 is 5.97 Å². The summed E-state index contributed by atoms with van der Waals surface area (Å²) in [6.07, 6.45) is -0.0473. The third kappa shape index (κ3) is 4.65. The lowest BCUT2D eigenvalue weighted by atomic mass is 10.0. The maximum Gasteiger partial charge on any atom is 0.387 e. The molecule has 0 heterocycles. The lowest BCUT2D eigenvalue weighted by Crippen LogP contribution is -2.17. The van der Waals surface area contributed by atoms with Crippen LogP contribution in [0.4, 0.5) is 8.78 Å². The van der Waals surface area contributed by atoms with Gasteiger partial charge in [0.05, 0.1) is 20.1 Å². The lowest BCUT2D eigenvalue weighted by molar-refractivity contribution is -0.143. The quantitative estimate of drug-likeness (QED) is 0.779. The predicted octanol–water partition coefficient (Wildman–Crippen LogP) is 2.25. The summed E-state index contributed by atoms with van der Waals surface area (Å²) in [6, 6.07) is 3.70. The smallest absolute Gasteiger partial charge is 0.387 e. The molecule has 0 radical (unpaired) electrons. The van der Waals surface area contributed by atoms with E-state index in [1.807, 2.05) is 0 Å². The van der Waals surface area contributed by atoms with E-state index in [0.29, 0.717) is 5.56 Å². The van der Waals surface area contributed by atoms with Crippen LogP contribution in [0.3, 0.4) is 0 Å². The van der Waals surface area contributed by atoms with E-state index in [2.05, 4.69) is 4.74 Å². The monoisotopic (exact) mass is 289 g/mol. The average molecular weight is 289 g/mol. The van der Waals surface area contributed by atoms with Crippen LogP contribution in [0.25, 0.3) is 0 Å². The van der Waals surface area contributed by atoms with E-state index in [0.717, 1.165) is 0 Å². The maximum absolute atomic E-state index is 12.3. The topological polar surface area (TPSA) is 70.8 Å².